The highest BCUT2D eigenvalue weighted by Crippen LogP contribution is 2.30. The van der Waals surface area contributed by atoms with Gasteiger partial charge in [0.05, 0.1) is 12.6 Å². The van der Waals surface area contributed by atoms with E-state index >= 15 is 0 Å². The molecule has 1 amide bonds. The second-order valence-corrected chi connectivity index (χ2v) is 6.75. The van der Waals surface area contributed by atoms with E-state index in [0.717, 1.165) is 11.1 Å². The number of carbonyl (C=O) groups excluding carboxylic acids is 1. The normalized spacial score (nSPS) is 11.6. The first-order chi connectivity index (χ1) is 14.1. The topological polar surface area (TPSA) is 51.7 Å². The molecular formula is C24H26N2O3. The van der Waals surface area contributed by atoms with E-state index in [-0.39, 0.29) is 11.9 Å². The average molecular weight is 390 g/mol. The molecule has 0 aliphatic rings. The molecule has 150 valence electrons. The van der Waals surface area contributed by atoms with Gasteiger partial charge in [-0.05, 0) is 43.7 Å². The Balaban J connectivity index is 1.76. The molecule has 0 bridgehead atoms. The summed E-state index contributed by atoms with van der Waals surface area (Å²) < 4.78 is 11.6. The Hall–Kier alpha value is -3.34. The molecule has 0 saturated heterocycles. The van der Waals surface area contributed by atoms with E-state index in [1.807, 2.05) is 63.4 Å². The van der Waals surface area contributed by atoms with Crippen LogP contribution < -0.4 is 9.47 Å². The van der Waals surface area contributed by atoms with Crippen LogP contribution in [0.1, 0.15) is 41.4 Å². The number of pyridine rings is 1. The molecule has 1 atom stereocenters. The molecule has 0 fully saturated rings. The SMILES string of the molecule is CCOc1cc(C(=O)N(C)C(C)c2ccccc2)ccc1OCc1cccnc1. The molecule has 3 aromatic rings. The van der Waals surface area contributed by atoms with Crippen LogP contribution >= 0.6 is 0 Å². The van der Waals surface area contributed by atoms with Crippen LogP contribution in [0.25, 0.3) is 0 Å². The number of carbonyl (C=O) groups is 1. The van der Waals surface area contributed by atoms with Crippen molar-refractivity contribution in [2.45, 2.75) is 26.5 Å². The highest BCUT2D eigenvalue weighted by molar-refractivity contribution is 5.95. The zero-order valence-corrected chi connectivity index (χ0v) is 17.0. The fourth-order valence-electron chi connectivity index (χ4n) is 3.01. The number of rotatable bonds is 8. The second-order valence-electron chi connectivity index (χ2n) is 6.75. The minimum absolute atomic E-state index is 0.0410. The molecule has 1 unspecified atom stereocenters. The lowest BCUT2D eigenvalue weighted by atomic mass is 10.1. The molecular weight excluding hydrogens is 364 g/mol. The van der Waals surface area contributed by atoms with E-state index in [4.69, 9.17) is 9.47 Å². The Labute approximate surface area is 171 Å². The number of hydrogen-bond donors (Lipinski definition) is 0. The van der Waals surface area contributed by atoms with E-state index in [2.05, 4.69) is 4.98 Å². The summed E-state index contributed by atoms with van der Waals surface area (Å²) >= 11 is 0. The highest BCUT2D eigenvalue weighted by atomic mass is 16.5. The third kappa shape index (κ3) is 5.13. The largest absolute Gasteiger partial charge is 0.490 e. The van der Waals surface area contributed by atoms with Crippen molar-refractivity contribution in [1.29, 1.82) is 0 Å². The van der Waals surface area contributed by atoms with Crippen molar-refractivity contribution in [3.05, 3.63) is 89.7 Å². The molecule has 0 aliphatic carbocycles. The molecule has 1 aromatic heterocycles. The number of ether oxygens (including phenoxy) is 2. The third-order valence-electron chi connectivity index (χ3n) is 4.79. The van der Waals surface area contributed by atoms with Crippen molar-refractivity contribution < 1.29 is 14.3 Å². The van der Waals surface area contributed by atoms with Crippen LogP contribution in [0.5, 0.6) is 11.5 Å². The van der Waals surface area contributed by atoms with Crippen LogP contribution in [-0.4, -0.2) is 29.4 Å². The Morgan fingerprint density at radius 2 is 1.83 bits per heavy atom. The highest BCUT2D eigenvalue weighted by Gasteiger charge is 2.20. The lowest BCUT2D eigenvalue weighted by Crippen LogP contribution is -2.29. The van der Waals surface area contributed by atoms with Gasteiger partial charge in [0, 0.05) is 30.6 Å². The zero-order valence-electron chi connectivity index (χ0n) is 17.0. The first-order valence-corrected chi connectivity index (χ1v) is 9.70. The zero-order chi connectivity index (χ0) is 20.6. The minimum Gasteiger partial charge on any atom is -0.490 e. The van der Waals surface area contributed by atoms with Crippen LogP contribution in [0.4, 0.5) is 0 Å². The van der Waals surface area contributed by atoms with Crippen LogP contribution in [0.15, 0.2) is 73.1 Å². The molecule has 5 heteroatoms. The van der Waals surface area contributed by atoms with Gasteiger partial charge in [0.1, 0.15) is 6.61 Å². The van der Waals surface area contributed by atoms with Gasteiger partial charge in [-0.1, -0.05) is 36.4 Å². The van der Waals surface area contributed by atoms with E-state index in [1.54, 1.807) is 35.5 Å². The monoisotopic (exact) mass is 390 g/mol. The molecule has 0 spiro atoms. The van der Waals surface area contributed by atoms with Gasteiger partial charge in [-0.3, -0.25) is 9.78 Å². The van der Waals surface area contributed by atoms with Gasteiger partial charge < -0.3 is 14.4 Å². The van der Waals surface area contributed by atoms with Crippen LogP contribution in [0.2, 0.25) is 0 Å². The fraction of sp³-hybridized carbons (Fsp3) is 0.250. The Morgan fingerprint density at radius 3 is 2.52 bits per heavy atom. The summed E-state index contributed by atoms with van der Waals surface area (Å²) in [4.78, 5) is 18.9. The predicted octanol–water partition coefficient (Wildman–Crippen LogP) is 4.89. The maximum Gasteiger partial charge on any atom is 0.254 e. The van der Waals surface area contributed by atoms with Gasteiger partial charge in [-0.25, -0.2) is 0 Å². The lowest BCUT2D eigenvalue weighted by Gasteiger charge is -2.26. The van der Waals surface area contributed by atoms with E-state index < -0.39 is 0 Å². The van der Waals surface area contributed by atoms with Gasteiger partial charge >= 0.3 is 0 Å². The molecule has 0 N–H and O–H groups in total. The minimum atomic E-state index is -0.0684. The third-order valence-corrected chi connectivity index (χ3v) is 4.79. The summed E-state index contributed by atoms with van der Waals surface area (Å²) in [7, 11) is 1.81. The van der Waals surface area contributed by atoms with E-state index in [0.29, 0.717) is 30.3 Å². The molecule has 1 heterocycles. The smallest absolute Gasteiger partial charge is 0.254 e. The van der Waals surface area contributed by atoms with Gasteiger partial charge in [0.25, 0.3) is 5.91 Å². The molecule has 0 saturated carbocycles. The number of amides is 1. The Kier molecular flexibility index (Phi) is 6.85. The van der Waals surface area contributed by atoms with Gasteiger partial charge in [0.2, 0.25) is 0 Å². The van der Waals surface area contributed by atoms with Crippen molar-refractivity contribution in [3.63, 3.8) is 0 Å². The molecule has 0 radical (unpaired) electrons. The molecule has 5 nitrogen and oxygen atoms in total. The summed E-state index contributed by atoms with van der Waals surface area (Å²) in [6, 6.07) is 19.1. The number of benzene rings is 2. The Bertz CT molecular complexity index is 929. The van der Waals surface area contributed by atoms with E-state index in [1.165, 1.54) is 0 Å². The van der Waals surface area contributed by atoms with Crippen LogP contribution in [0.3, 0.4) is 0 Å². The van der Waals surface area contributed by atoms with Crippen molar-refractivity contribution in [2.75, 3.05) is 13.7 Å². The maximum atomic E-state index is 13.0. The fourth-order valence-corrected chi connectivity index (χ4v) is 3.01. The molecule has 0 aliphatic heterocycles. The number of hydrogen-bond acceptors (Lipinski definition) is 4. The quantitative estimate of drug-likeness (QED) is 0.549. The Morgan fingerprint density at radius 1 is 1.03 bits per heavy atom. The van der Waals surface area contributed by atoms with Gasteiger partial charge in [-0.2, -0.15) is 0 Å². The van der Waals surface area contributed by atoms with Crippen molar-refractivity contribution in [3.8, 4) is 11.5 Å². The standard InChI is InChI=1S/C24H26N2O3/c1-4-28-23-15-21(12-13-22(23)29-17-19-9-8-14-25-16-19)24(27)26(3)18(2)20-10-6-5-7-11-20/h5-16,18H,4,17H2,1-3H3. The van der Waals surface area contributed by atoms with Crippen molar-refractivity contribution in [1.82, 2.24) is 9.88 Å². The first-order valence-electron chi connectivity index (χ1n) is 9.70. The molecule has 3 rings (SSSR count). The number of aromatic nitrogens is 1. The summed E-state index contributed by atoms with van der Waals surface area (Å²) in [5, 5.41) is 0. The van der Waals surface area contributed by atoms with Crippen molar-refractivity contribution >= 4 is 5.91 Å². The van der Waals surface area contributed by atoms with Gasteiger partial charge in [-0.15, -0.1) is 0 Å². The van der Waals surface area contributed by atoms with Crippen molar-refractivity contribution in [2.24, 2.45) is 0 Å². The number of nitrogens with zero attached hydrogens (tertiary/aromatic N) is 2. The summed E-state index contributed by atoms with van der Waals surface area (Å²) in [5.74, 6) is 1.09. The first kappa shape index (κ1) is 20.4. The van der Waals surface area contributed by atoms with Crippen LogP contribution in [0, 0.1) is 0 Å². The summed E-state index contributed by atoms with van der Waals surface area (Å²) in [6.07, 6.45) is 3.49. The lowest BCUT2D eigenvalue weighted by molar-refractivity contribution is 0.0742. The maximum absolute atomic E-state index is 13.0. The molecule has 29 heavy (non-hydrogen) atoms. The molecule has 2 aromatic carbocycles. The average Bonchev–Trinajstić information content (AvgIpc) is 2.78. The predicted molar refractivity (Wildman–Crippen MR) is 113 cm³/mol. The second kappa shape index (κ2) is 9.73. The van der Waals surface area contributed by atoms with Gasteiger partial charge in [0.15, 0.2) is 11.5 Å². The summed E-state index contributed by atoms with van der Waals surface area (Å²) in [6.45, 7) is 4.79. The summed E-state index contributed by atoms with van der Waals surface area (Å²) in [5.41, 5.74) is 2.61. The van der Waals surface area contributed by atoms with Crippen LogP contribution in [-0.2, 0) is 6.61 Å². The van der Waals surface area contributed by atoms with E-state index in [9.17, 15) is 4.79 Å².